The molecule has 8 heteroatoms. The van der Waals surface area contributed by atoms with Crippen molar-refractivity contribution in [1.29, 1.82) is 0 Å². The average Bonchev–Trinajstić information content (AvgIpc) is 3.36. The lowest BCUT2D eigenvalue weighted by Gasteiger charge is -2.61. The van der Waals surface area contributed by atoms with Crippen molar-refractivity contribution in [2.24, 2.45) is 5.92 Å². The number of hydrogen-bond donors (Lipinski definition) is 0. The van der Waals surface area contributed by atoms with Gasteiger partial charge in [0.2, 0.25) is 0 Å². The van der Waals surface area contributed by atoms with Crippen LogP contribution in [0.2, 0.25) is 5.02 Å². The highest BCUT2D eigenvalue weighted by Gasteiger charge is 2.58. The first-order valence-electron chi connectivity index (χ1n) is 11.8. The summed E-state index contributed by atoms with van der Waals surface area (Å²) in [6, 6.07) is 4.26. The number of benzene rings is 1. The summed E-state index contributed by atoms with van der Waals surface area (Å²) in [5.74, 6) is 0.931. The fourth-order valence-corrected chi connectivity index (χ4v) is 6.47. The molecule has 2 bridgehead atoms. The van der Waals surface area contributed by atoms with Crippen LogP contribution in [-0.4, -0.2) is 68.9 Å². The van der Waals surface area contributed by atoms with Crippen LogP contribution >= 0.6 is 11.6 Å². The Morgan fingerprint density at radius 1 is 1.06 bits per heavy atom. The van der Waals surface area contributed by atoms with Crippen molar-refractivity contribution in [2.45, 2.75) is 50.3 Å². The monoisotopic (exact) mass is 452 g/mol. The summed E-state index contributed by atoms with van der Waals surface area (Å²) in [5.41, 5.74) is 3.65. The Morgan fingerprint density at radius 2 is 1.84 bits per heavy atom. The maximum atomic E-state index is 6.75. The Labute approximate surface area is 192 Å². The van der Waals surface area contributed by atoms with Gasteiger partial charge >= 0.3 is 0 Å². The predicted octanol–water partition coefficient (Wildman–Crippen LogP) is 3.68. The normalized spacial score (nSPS) is 34.3. The first-order chi connectivity index (χ1) is 15.5. The van der Waals surface area contributed by atoms with E-state index < -0.39 is 0 Å². The summed E-state index contributed by atoms with van der Waals surface area (Å²) in [6.45, 7) is 9.29. The van der Waals surface area contributed by atoms with Gasteiger partial charge in [0.15, 0.2) is 0 Å². The lowest BCUT2D eigenvalue weighted by atomic mass is 9.50. The third-order valence-electron chi connectivity index (χ3n) is 8.79. The molecule has 0 amide bonds. The summed E-state index contributed by atoms with van der Waals surface area (Å²) < 4.78 is 9.85. The quantitative estimate of drug-likeness (QED) is 0.604. The molecule has 3 aliphatic carbocycles. The van der Waals surface area contributed by atoms with Crippen LogP contribution in [0.4, 0.5) is 5.69 Å². The number of aromatic nitrogens is 4. The molecule has 0 spiro atoms. The van der Waals surface area contributed by atoms with Gasteiger partial charge in [0.1, 0.15) is 5.69 Å². The van der Waals surface area contributed by atoms with Crippen molar-refractivity contribution in [3.63, 3.8) is 0 Å². The number of nitrogens with zero attached hydrogens (tertiary/aromatic N) is 6. The van der Waals surface area contributed by atoms with Crippen molar-refractivity contribution in [2.75, 3.05) is 37.7 Å². The Hall–Kier alpha value is -2.09. The second-order valence-corrected chi connectivity index (χ2v) is 11.0. The van der Waals surface area contributed by atoms with Crippen LogP contribution in [0.1, 0.15) is 33.1 Å². The zero-order valence-electron chi connectivity index (χ0n) is 18.7. The standard InChI is InChI=1S/C24H29ClN6O/c1-16-23(2,15-32-16)29-5-3-28(4-6-29)22-8-21-18(7-20(22)25)12-27-31(21)19-13-26-30(14-19)24-9-17(10-24)11-24/h7-8,12-14,16-17H,3-6,9-11,15H2,1-2H3/t16-,17?,23+,24?/m0/s1. The molecule has 2 atom stereocenters. The molecule has 5 aliphatic rings. The molecule has 32 heavy (non-hydrogen) atoms. The lowest BCUT2D eigenvalue weighted by molar-refractivity contribution is -0.186. The highest BCUT2D eigenvalue weighted by Crippen LogP contribution is 2.62. The number of ether oxygens (including phenoxy) is 1. The fourth-order valence-electron chi connectivity index (χ4n) is 6.18. The van der Waals surface area contributed by atoms with Gasteiger partial charge in [-0.25, -0.2) is 4.68 Å². The molecule has 168 valence electrons. The third-order valence-corrected chi connectivity index (χ3v) is 9.09. The van der Waals surface area contributed by atoms with E-state index in [9.17, 15) is 0 Å². The van der Waals surface area contributed by atoms with Gasteiger partial charge in [-0.3, -0.25) is 9.58 Å². The molecule has 0 radical (unpaired) electrons. The molecule has 2 saturated heterocycles. The molecule has 4 heterocycles. The maximum absolute atomic E-state index is 6.75. The van der Waals surface area contributed by atoms with E-state index in [0.717, 1.165) is 66.0 Å². The molecule has 3 saturated carbocycles. The molecule has 5 fully saturated rings. The maximum Gasteiger partial charge on any atom is 0.103 e. The highest BCUT2D eigenvalue weighted by molar-refractivity contribution is 6.34. The van der Waals surface area contributed by atoms with Crippen LogP contribution in [0.25, 0.3) is 16.6 Å². The van der Waals surface area contributed by atoms with E-state index in [4.69, 9.17) is 21.4 Å². The Morgan fingerprint density at radius 3 is 2.47 bits per heavy atom. The van der Waals surface area contributed by atoms with E-state index in [2.05, 4.69) is 51.8 Å². The van der Waals surface area contributed by atoms with Gasteiger partial charge < -0.3 is 9.64 Å². The molecule has 0 unspecified atom stereocenters. The molecule has 2 aromatic heterocycles. The van der Waals surface area contributed by atoms with Crippen LogP contribution in [0.5, 0.6) is 0 Å². The molecular weight excluding hydrogens is 424 g/mol. The zero-order chi connectivity index (χ0) is 21.7. The van der Waals surface area contributed by atoms with Crippen LogP contribution in [-0.2, 0) is 10.3 Å². The van der Waals surface area contributed by atoms with Crippen LogP contribution in [0.15, 0.2) is 30.7 Å². The molecule has 3 aromatic rings. The Bertz CT molecular complexity index is 1190. The minimum atomic E-state index is 0.166. The first-order valence-corrected chi connectivity index (χ1v) is 12.2. The highest BCUT2D eigenvalue weighted by atomic mass is 35.5. The van der Waals surface area contributed by atoms with E-state index in [1.807, 2.05) is 17.1 Å². The molecule has 1 aromatic carbocycles. The van der Waals surface area contributed by atoms with Gasteiger partial charge in [0.05, 0.1) is 58.6 Å². The third kappa shape index (κ3) is 2.56. The number of hydrogen-bond acceptors (Lipinski definition) is 5. The molecular formula is C24H29ClN6O. The number of anilines is 1. The zero-order valence-corrected chi connectivity index (χ0v) is 19.4. The molecule has 7 nitrogen and oxygen atoms in total. The van der Waals surface area contributed by atoms with Gasteiger partial charge in [0.25, 0.3) is 0 Å². The SMILES string of the molecule is C[C@@H]1OC[C@@]1(C)N1CCN(c2cc3c(cnn3-c3cnn(C45CC(C4)C5)c3)cc2Cl)CC1. The predicted molar refractivity (Wildman–Crippen MR) is 125 cm³/mol. The number of rotatable bonds is 4. The minimum absolute atomic E-state index is 0.166. The van der Waals surface area contributed by atoms with E-state index >= 15 is 0 Å². The Balaban J connectivity index is 1.17. The summed E-state index contributed by atoms with van der Waals surface area (Å²) in [4.78, 5) is 4.99. The fraction of sp³-hybridized carbons (Fsp3) is 0.583. The summed E-state index contributed by atoms with van der Waals surface area (Å²) in [6.07, 6.45) is 10.2. The second-order valence-electron chi connectivity index (χ2n) is 10.5. The van der Waals surface area contributed by atoms with Crippen molar-refractivity contribution in [3.05, 3.63) is 35.7 Å². The molecule has 8 rings (SSSR count). The van der Waals surface area contributed by atoms with Crippen molar-refractivity contribution in [3.8, 4) is 5.69 Å². The van der Waals surface area contributed by atoms with E-state index in [-0.39, 0.29) is 5.54 Å². The van der Waals surface area contributed by atoms with Crippen LogP contribution < -0.4 is 4.90 Å². The smallest absolute Gasteiger partial charge is 0.103 e. The number of piperazine rings is 1. The van der Waals surface area contributed by atoms with E-state index in [0.29, 0.717) is 11.6 Å². The summed E-state index contributed by atoms with van der Waals surface area (Å²) >= 11 is 6.75. The van der Waals surface area contributed by atoms with Crippen molar-refractivity contribution >= 4 is 28.2 Å². The molecule has 2 aliphatic heterocycles. The topological polar surface area (TPSA) is 51.4 Å². The number of fused-ring (bicyclic) bond motifs is 1. The van der Waals surface area contributed by atoms with Crippen molar-refractivity contribution < 1.29 is 4.74 Å². The second kappa shape index (κ2) is 6.49. The van der Waals surface area contributed by atoms with E-state index in [1.54, 1.807) is 0 Å². The lowest BCUT2D eigenvalue weighted by Crippen LogP contribution is -2.68. The molecule has 0 N–H and O–H groups in total. The minimum Gasteiger partial charge on any atom is -0.374 e. The largest absolute Gasteiger partial charge is 0.374 e. The Kier molecular flexibility index (Phi) is 3.93. The van der Waals surface area contributed by atoms with E-state index in [1.165, 1.54) is 19.3 Å². The van der Waals surface area contributed by atoms with Gasteiger partial charge in [-0.2, -0.15) is 10.2 Å². The number of halogens is 1. The van der Waals surface area contributed by atoms with Crippen LogP contribution in [0, 0.1) is 5.92 Å². The first kappa shape index (κ1) is 19.4. The van der Waals surface area contributed by atoms with Crippen molar-refractivity contribution in [1.82, 2.24) is 24.5 Å². The van der Waals surface area contributed by atoms with Gasteiger partial charge in [-0.15, -0.1) is 0 Å². The average molecular weight is 453 g/mol. The van der Waals surface area contributed by atoms with Gasteiger partial charge in [0, 0.05) is 31.6 Å². The van der Waals surface area contributed by atoms with Gasteiger partial charge in [-0.1, -0.05) is 11.6 Å². The van der Waals surface area contributed by atoms with Gasteiger partial charge in [-0.05, 0) is 51.2 Å². The summed E-state index contributed by atoms with van der Waals surface area (Å²) in [7, 11) is 0. The summed E-state index contributed by atoms with van der Waals surface area (Å²) in [5, 5.41) is 11.2. The van der Waals surface area contributed by atoms with Crippen LogP contribution in [0.3, 0.4) is 0 Å².